The summed E-state index contributed by atoms with van der Waals surface area (Å²) in [6, 6.07) is 5.23. The van der Waals surface area contributed by atoms with Gasteiger partial charge in [0.1, 0.15) is 23.0 Å². The Hall–Kier alpha value is -2.54. The van der Waals surface area contributed by atoms with E-state index in [2.05, 4.69) is 0 Å². The summed E-state index contributed by atoms with van der Waals surface area (Å²) < 4.78 is 16.0. The predicted octanol–water partition coefficient (Wildman–Crippen LogP) is 2.13. The van der Waals surface area contributed by atoms with Crippen LogP contribution in [-0.2, 0) is 14.3 Å². The quantitative estimate of drug-likeness (QED) is 0.599. The molecular formula is C20H24O7. The lowest BCUT2D eigenvalue weighted by molar-refractivity contribution is -0.157. The van der Waals surface area contributed by atoms with Gasteiger partial charge in [-0.15, -0.1) is 0 Å². The number of rotatable bonds is 5. The van der Waals surface area contributed by atoms with Gasteiger partial charge in [0.15, 0.2) is 0 Å². The van der Waals surface area contributed by atoms with Crippen molar-refractivity contribution in [3.8, 4) is 11.5 Å². The Kier molecular flexibility index (Phi) is 4.90. The van der Waals surface area contributed by atoms with Crippen LogP contribution >= 0.6 is 0 Å². The number of esters is 1. The average Bonchev–Trinajstić information content (AvgIpc) is 2.86. The second-order valence-electron chi connectivity index (χ2n) is 7.14. The average molecular weight is 376 g/mol. The number of carbonyl (C=O) groups is 2. The Morgan fingerprint density at radius 1 is 1.15 bits per heavy atom. The first kappa shape index (κ1) is 19.2. The highest BCUT2D eigenvalue weighted by atomic mass is 16.5. The number of hydrogen-bond donors (Lipinski definition) is 2. The molecule has 2 N–H and O–H groups in total. The van der Waals surface area contributed by atoms with Gasteiger partial charge in [-0.1, -0.05) is 5.57 Å². The SMILES string of the molecule is COc1cc(OC)cc(C2CC3C(OC(C)=O)C=C(C)C2(C(=O)O)C3O)c1. The van der Waals surface area contributed by atoms with Crippen molar-refractivity contribution in [3.63, 3.8) is 0 Å². The minimum Gasteiger partial charge on any atom is -0.497 e. The number of fused-ring (bicyclic) bond motifs is 2. The number of carboxylic acids is 1. The van der Waals surface area contributed by atoms with Gasteiger partial charge in [0.25, 0.3) is 0 Å². The molecule has 0 saturated heterocycles. The van der Waals surface area contributed by atoms with Gasteiger partial charge in [-0.3, -0.25) is 9.59 Å². The topological polar surface area (TPSA) is 102 Å². The molecule has 2 aliphatic carbocycles. The maximum Gasteiger partial charge on any atom is 0.317 e. The van der Waals surface area contributed by atoms with Crippen LogP contribution in [0.25, 0.3) is 0 Å². The third-order valence-corrected chi connectivity index (χ3v) is 5.85. The van der Waals surface area contributed by atoms with Crippen molar-refractivity contribution in [1.29, 1.82) is 0 Å². The Balaban J connectivity index is 2.14. The van der Waals surface area contributed by atoms with E-state index in [1.165, 1.54) is 21.1 Å². The third kappa shape index (κ3) is 2.86. The summed E-state index contributed by atoms with van der Waals surface area (Å²) in [6.45, 7) is 2.97. The zero-order valence-electron chi connectivity index (χ0n) is 15.8. The van der Waals surface area contributed by atoms with Gasteiger partial charge in [-0.25, -0.2) is 0 Å². The first-order valence-corrected chi connectivity index (χ1v) is 8.76. The van der Waals surface area contributed by atoms with Crippen molar-refractivity contribution in [2.45, 2.75) is 38.4 Å². The van der Waals surface area contributed by atoms with E-state index in [0.717, 1.165) is 0 Å². The second kappa shape index (κ2) is 6.88. The molecule has 7 heteroatoms. The van der Waals surface area contributed by atoms with Crippen LogP contribution in [0.5, 0.6) is 11.5 Å². The molecule has 2 aliphatic rings. The Morgan fingerprint density at radius 3 is 2.22 bits per heavy atom. The minimum atomic E-state index is -1.49. The van der Waals surface area contributed by atoms with E-state index in [9.17, 15) is 19.8 Å². The number of carbonyl (C=O) groups excluding carboxylic acids is 1. The van der Waals surface area contributed by atoms with Crippen LogP contribution in [0.4, 0.5) is 0 Å². The smallest absolute Gasteiger partial charge is 0.317 e. The first-order chi connectivity index (χ1) is 12.7. The molecule has 0 heterocycles. The number of carboxylic acid groups (broad SMARTS) is 1. The van der Waals surface area contributed by atoms with E-state index < -0.39 is 41.4 Å². The van der Waals surface area contributed by atoms with Gasteiger partial charge in [0.05, 0.1) is 20.3 Å². The van der Waals surface area contributed by atoms with Crippen LogP contribution in [-0.4, -0.2) is 48.6 Å². The number of ether oxygens (including phenoxy) is 3. The summed E-state index contributed by atoms with van der Waals surface area (Å²) in [5.74, 6) is -1.51. The van der Waals surface area contributed by atoms with Crippen LogP contribution in [0.2, 0.25) is 0 Å². The van der Waals surface area contributed by atoms with Gasteiger partial charge in [-0.2, -0.15) is 0 Å². The number of methoxy groups -OCH3 is 2. The van der Waals surface area contributed by atoms with Crippen molar-refractivity contribution in [2.75, 3.05) is 14.2 Å². The van der Waals surface area contributed by atoms with Crippen molar-refractivity contribution in [1.82, 2.24) is 0 Å². The van der Waals surface area contributed by atoms with Gasteiger partial charge < -0.3 is 24.4 Å². The highest BCUT2D eigenvalue weighted by Gasteiger charge is 2.65. The van der Waals surface area contributed by atoms with Crippen molar-refractivity contribution in [2.24, 2.45) is 11.3 Å². The highest BCUT2D eigenvalue weighted by molar-refractivity contribution is 5.83. The summed E-state index contributed by atoms with van der Waals surface area (Å²) in [7, 11) is 3.05. The molecule has 3 rings (SSSR count). The summed E-state index contributed by atoms with van der Waals surface area (Å²) in [5, 5.41) is 21.1. The Labute approximate surface area is 157 Å². The fraction of sp³-hybridized carbons (Fsp3) is 0.500. The van der Waals surface area contributed by atoms with E-state index in [0.29, 0.717) is 29.1 Å². The molecule has 1 fully saturated rings. The normalized spacial score (nSPS) is 31.8. The molecule has 5 atom stereocenters. The van der Waals surface area contributed by atoms with Crippen LogP contribution in [0.3, 0.4) is 0 Å². The first-order valence-electron chi connectivity index (χ1n) is 8.76. The molecule has 0 spiro atoms. The van der Waals surface area contributed by atoms with E-state index >= 15 is 0 Å². The molecule has 2 bridgehead atoms. The monoisotopic (exact) mass is 376 g/mol. The summed E-state index contributed by atoms with van der Waals surface area (Å²) in [4.78, 5) is 23.9. The zero-order valence-corrected chi connectivity index (χ0v) is 15.8. The van der Waals surface area contributed by atoms with Gasteiger partial charge in [0.2, 0.25) is 0 Å². The largest absolute Gasteiger partial charge is 0.497 e. The van der Waals surface area contributed by atoms with E-state index in [1.807, 2.05) is 0 Å². The number of hydrogen-bond acceptors (Lipinski definition) is 6. The van der Waals surface area contributed by atoms with Gasteiger partial charge in [0, 0.05) is 24.8 Å². The molecule has 7 nitrogen and oxygen atoms in total. The molecule has 0 aromatic heterocycles. The molecule has 5 unspecified atom stereocenters. The van der Waals surface area contributed by atoms with E-state index in [1.54, 1.807) is 31.2 Å². The molecule has 1 aromatic rings. The lowest BCUT2D eigenvalue weighted by Crippen LogP contribution is -2.49. The standard InChI is InChI=1S/C20H24O7/c1-10-5-17(27-11(2)21)15-9-16(20(10,18(15)22)19(23)24)12-6-13(25-3)8-14(7-12)26-4/h5-8,15-18,22H,9H2,1-4H3,(H,23,24). The molecule has 0 radical (unpaired) electrons. The Bertz CT molecular complexity index is 777. The molecule has 0 amide bonds. The maximum absolute atomic E-state index is 12.4. The fourth-order valence-corrected chi connectivity index (χ4v) is 4.65. The van der Waals surface area contributed by atoms with Crippen LogP contribution < -0.4 is 9.47 Å². The lowest BCUT2D eigenvalue weighted by atomic mass is 9.66. The van der Waals surface area contributed by atoms with E-state index in [4.69, 9.17) is 14.2 Å². The van der Waals surface area contributed by atoms with Crippen LogP contribution in [0.1, 0.15) is 31.7 Å². The van der Waals surface area contributed by atoms with Crippen molar-refractivity contribution < 1.29 is 34.0 Å². The van der Waals surface area contributed by atoms with Gasteiger partial charge >= 0.3 is 11.9 Å². The molecular weight excluding hydrogens is 352 g/mol. The molecule has 1 aromatic carbocycles. The third-order valence-electron chi connectivity index (χ3n) is 5.85. The zero-order chi connectivity index (χ0) is 19.9. The van der Waals surface area contributed by atoms with Crippen LogP contribution in [0, 0.1) is 11.3 Å². The predicted molar refractivity (Wildman–Crippen MR) is 95.8 cm³/mol. The molecule has 146 valence electrons. The second-order valence-corrected chi connectivity index (χ2v) is 7.14. The maximum atomic E-state index is 12.4. The minimum absolute atomic E-state index is 0.357. The summed E-state index contributed by atoms with van der Waals surface area (Å²) >= 11 is 0. The number of aliphatic hydroxyl groups excluding tert-OH is 1. The van der Waals surface area contributed by atoms with Gasteiger partial charge in [-0.05, 0) is 37.1 Å². The van der Waals surface area contributed by atoms with Crippen molar-refractivity contribution >= 4 is 11.9 Å². The molecule has 0 aliphatic heterocycles. The summed E-state index contributed by atoms with van der Waals surface area (Å²) in [5.41, 5.74) is -0.306. The fourth-order valence-electron chi connectivity index (χ4n) is 4.65. The van der Waals surface area contributed by atoms with Crippen LogP contribution in [0.15, 0.2) is 29.8 Å². The lowest BCUT2D eigenvalue weighted by Gasteiger charge is -2.40. The number of aliphatic hydroxyl groups is 1. The number of benzene rings is 1. The van der Waals surface area contributed by atoms with E-state index in [-0.39, 0.29) is 0 Å². The highest BCUT2D eigenvalue weighted by Crippen LogP contribution is 2.60. The molecule has 1 saturated carbocycles. The summed E-state index contributed by atoms with van der Waals surface area (Å²) in [6.07, 6.45) is 0.189. The van der Waals surface area contributed by atoms with Crippen molar-refractivity contribution in [3.05, 3.63) is 35.4 Å². The Morgan fingerprint density at radius 2 is 1.74 bits per heavy atom. The number of aliphatic carboxylic acids is 1. The molecule has 27 heavy (non-hydrogen) atoms.